The third-order valence-corrected chi connectivity index (χ3v) is 1.48. The molecule has 1 heterocycles. The van der Waals surface area contributed by atoms with Gasteiger partial charge in [0.15, 0.2) is 11.6 Å². The van der Waals surface area contributed by atoms with Gasteiger partial charge in [0.05, 0.1) is 12.5 Å². The molecule has 1 aromatic rings. The largest absolute Gasteiger partial charge is 0.464 e. The Morgan fingerprint density at radius 1 is 1.69 bits per heavy atom. The molecular weight excluding hydrogens is 219 g/mol. The van der Waals surface area contributed by atoms with Gasteiger partial charge in [0.2, 0.25) is 0 Å². The van der Waals surface area contributed by atoms with Crippen LogP contribution in [0.1, 0.15) is 0 Å². The average Bonchev–Trinajstić information content (AvgIpc) is 2.18. The number of hydrogen-bond donors (Lipinski definition) is 1. The highest BCUT2D eigenvalue weighted by atomic mass is 19.1. The van der Waals surface area contributed by atoms with E-state index in [-0.39, 0.29) is 4.57 Å². The van der Waals surface area contributed by atoms with Gasteiger partial charge in [0, 0.05) is 14.1 Å². The third-order valence-electron chi connectivity index (χ3n) is 1.48. The first-order valence-electron chi connectivity index (χ1n) is 4.15. The van der Waals surface area contributed by atoms with Gasteiger partial charge in [-0.15, -0.1) is 0 Å². The fourth-order valence-corrected chi connectivity index (χ4v) is 0.822. The van der Waals surface area contributed by atoms with Crippen molar-refractivity contribution in [3.8, 4) is 0 Å². The lowest BCUT2D eigenvalue weighted by molar-refractivity contribution is 0.194. The summed E-state index contributed by atoms with van der Waals surface area (Å²) in [5.74, 6) is -1.43. The number of hydrogen-bond acceptors (Lipinski definition) is 4. The molecule has 0 amide bonds. The highest BCUT2D eigenvalue weighted by molar-refractivity contribution is 5.68. The molecule has 16 heavy (non-hydrogen) atoms. The van der Waals surface area contributed by atoms with Crippen LogP contribution in [0.25, 0.3) is 0 Å². The van der Waals surface area contributed by atoms with Crippen LogP contribution in [0.15, 0.2) is 16.0 Å². The third kappa shape index (κ3) is 2.62. The molecule has 7 nitrogen and oxygen atoms in total. The summed E-state index contributed by atoms with van der Waals surface area (Å²) in [5.41, 5.74) is -1.10. The van der Waals surface area contributed by atoms with E-state index in [0.29, 0.717) is 6.20 Å². The second-order valence-corrected chi connectivity index (χ2v) is 3.06. The van der Waals surface area contributed by atoms with Crippen LogP contribution in [-0.2, 0) is 0 Å². The van der Waals surface area contributed by atoms with Crippen molar-refractivity contribution in [2.75, 3.05) is 14.1 Å². The van der Waals surface area contributed by atoms with Gasteiger partial charge in [-0.3, -0.25) is 0 Å². The minimum atomic E-state index is -1.60. The topological polar surface area (TPSA) is 87.8 Å². The van der Waals surface area contributed by atoms with Crippen molar-refractivity contribution in [3.63, 3.8) is 0 Å². The molecule has 0 aromatic carbocycles. The van der Waals surface area contributed by atoms with E-state index in [1.54, 1.807) is 14.1 Å². The van der Waals surface area contributed by atoms with E-state index in [4.69, 9.17) is 5.11 Å². The van der Waals surface area contributed by atoms with Gasteiger partial charge < -0.3 is 10.0 Å². The van der Waals surface area contributed by atoms with E-state index < -0.39 is 23.4 Å². The van der Waals surface area contributed by atoms with E-state index >= 15 is 0 Å². The molecule has 0 fully saturated rings. The van der Waals surface area contributed by atoms with E-state index in [0.717, 1.165) is 0 Å². The van der Waals surface area contributed by atoms with Crippen molar-refractivity contribution in [3.05, 3.63) is 22.5 Å². The Balaban J connectivity index is 3.21. The van der Waals surface area contributed by atoms with Crippen molar-refractivity contribution in [1.82, 2.24) is 14.5 Å². The molecule has 0 saturated heterocycles. The summed E-state index contributed by atoms with van der Waals surface area (Å²) in [5, 5.41) is 8.51. The van der Waals surface area contributed by atoms with Crippen LogP contribution in [-0.4, -0.2) is 46.1 Å². The minimum Gasteiger partial charge on any atom is -0.464 e. The van der Waals surface area contributed by atoms with Gasteiger partial charge >= 0.3 is 11.8 Å². The maximum atomic E-state index is 13.2. The van der Waals surface area contributed by atoms with Crippen LogP contribution in [0.2, 0.25) is 0 Å². The first-order chi connectivity index (χ1) is 7.41. The standard InChI is InChI=1S/C8H9FN4O3/c1-12(2)4-10-6-5(9)3-13(8(15)16)7(14)11-6/h3-4H,1-2H3,(H,15,16)/b10-4+. The van der Waals surface area contributed by atoms with Crippen LogP contribution in [0.3, 0.4) is 0 Å². The van der Waals surface area contributed by atoms with Gasteiger partial charge in [-0.1, -0.05) is 0 Å². The Labute approximate surface area is 89.5 Å². The van der Waals surface area contributed by atoms with Crippen LogP contribution in [0, 0.1) is 5.82 Å². The molecular formula is C8H9FN4O3. The van der Waals surface area contributed by atoms with E-state index in [2.05, 4.69) is 9.98 Å². The molecule has 86 valence electrons. The van der Waals surface area contributed by atoms with Crippen LogP contribution in [0.4, 0.5) is 15.0 Å². The first kappa shape index (κ1) is 11.8. The summed E-state index contributed by atoms with van der Waals surface area (Å²) >= 11 is 0. The Bertz CT molecular complexity index is 495. The lowest BCUT2D eigenvalue weighted by atomic mass is 10.5. The summed E-state index contributed by atoms with van der Waals surface area (Å²) in [6.07, 6.45) is 0.176. The molecule has 0 aliphatic rings. The number of halogens is 1. The molecule has 0 spiro atoms. The van der Waals surface area contributed by atoms with Gasteiger partial charge in [-0.2, -0.15) is 9.55 Å². The summed E-state index contributed by atoms with van der Waals surface area (Å²) in [6, 6.07) is 0. The number of carbonyl (C=O) groups is 1. The SMILES string of the molecule is CN(C)/C=N/c1nc(=O)n(C(=O)O)cc1F. The number of aromatic nitrogens is 2. The summed E-state index contributed by atoms with van der Waals surface area (Å²) in [6.45, 7) is 0. The van der Waals surface area contributed by atoms with Gasteiger partial charge in [-0.25, -0.2) is 19.0 Å². The number of carboxylic acid groups (broad SMARTS) is 1. The zero-order valence-electron chi connectivity index (χ0n) is 8.59. The predicted octanol–water partition coefficient (Wildman–Crippen LogP) is 0.130. The van der Waals surface area contributed by atoms with Crippen LogP contribution >= 0.6 is 0 Å². The summed E-state index contributed by atoms with van der Waals surface area (Å²) in [7, 11) is 3.31. The van der Waals surface area contributed by atoms with Crippen molar-refractivity contribution in [1.29, 1.82) is 0 Å². The van der Waals surface area contributed by atoms with Gasteiger partial charge in [-0.05, 0) is 0 Å². The van der Waals surface area contributed by atoms with Crippen molar-refractivity contribution < 1.29 is 14.3 Å². The molecule has 1 N–H and O–H groups in total. The monoisotopic (exact) mass is 228 g/mol. The summed E-state index contributed by atoms with van der Waals surface area (Å²) < 4.78 is 13.4. The molecule has 0 saturated carbocycles. The zero-order valence-corrected chi connectivity index (χ0v) is 8.59. The Morgan fingerprint density at radius 3 is 2.81 bits per heavy atom. The fourth-order valence-electron chi connectivity index (χ4n) is 0.822. The smallest absolute Gasteiger partial charge is 0.419 e. The van der Waals surface area contributed by atoms with E-state index in [1.807, 2.05) is 0 Å². The minimum absolute atomic E-state index is 0.143. The number of nitrogens with zero attached hydrogens (tertiary/aromatic N) is 4. The van der Waals surface area contributed by atoms with Crippen molar-refractivity contribution in [2.45, 2.75) is 0 Å². The molecule has 0 atom stereocenters. The van der Waals surface area contributed by atoms with Crippen molar-refractivity contribution >= 4 is 18.2 Å². The first-order valence-corrected chi connectivity index (χ1v) is 4.15. The highest BCUT2D eigenvalue weighted by Gasteiger charge is 2.11. The quantitative estimate of drug-likeness (QED) is 0.574. The lowest BCUT2D eigenvalue weighted by Gasteiger charge is -2.03. The molecule has 0 radical (unpaired) electrons. The average molecular weight is 228 g/mol. The lowest BCUT2D eigenvalue weighted by Crippen LogP contribution is -2.28. The van der Waals surface area contributed by atoms with Crippen LogP contribution in [0.5, 0.6) is 0 Å². The molecule has 0 aliphatic heterocycles. The van der Waals surface area contributed by atoms with Crippen LogP contribution < -0.4 is 5.69 Å². The molecule has 8 heteroatoms. The molecule has 1 rings (SSSR count). The molecule has 0 unspecified atom stereocenters. The Morgan fingerprint density at radius 2 is 2.31 bits per heavy atom. The summed E-state index contributed by atoms with van der Waals surface area (Å²) in [4.78, 5) is 29.8. The van der Waals surface area contributed by atoms with E-state index in [9.17, 15) is 14.0 Å². The van der Waals surface area contributed by atoms with Gasteiger partial charge in [0.25, 0.3) is 0 Å². The predicted molar refractivity (Wildman–Crippen MR) is 53.7 cm³/mol. The fraction of sp³-hybridized carbons (Fsp3) is 0.250. The highest BCUT2D eigenvalue weighted by Crippen LogP contribution is 2.09. The molecule has 0 bridgehead atoms. The van der Waals surface area contributed by atoms with Crippen molar-refractivity contribution in [2.24, 2.45) is 4.99 Å². The molecule has 0 aliphatic carbocycles. The zero-order chi connectivity index (χ0) is 12.3. The maximum Gasteiger partial charge on any atom is 0.419 e. The number of aliphatic imine (C=N–C) groups is 1. The Kier molecular flexibility index (Phi) is 3.33. The molecule has 1 aromatic heterocycles. The Hall–Kier alpha value is -2.25. The second kappa shape index (κ2) is 4.51. The van der Waals surface area contributed by atoms with Gasteiger partial charge in [0.1, 0.15) is 0 Å². The second-order valence-electron chi connectivity index (χ2n) is 3.06. The van der Waals surface area contributed by atoms with E-state index in [1.165, 1.54) is 11.2 Å². The maximum absolute atomic E-state index is 13.2. The number of rotatable bonds is 2. The normalized spacial score (nSPS) is 10.7.